The highest BCUT2D eigenvalue weighted by Gasteiger charge is 2.29. The minimum atomic E-state index is -0.389. The first-order valence-electron chi connectivity index (χ1n) is 8.43. The van der Waals surface area contributed by atoms with Gasteiger partial charge in [-0.2, -0.15) is 5.26 Å². The Morgan fingerprint density at radius 3 is 2.77 bits per heavy atom. The second-order valence-electron chi connectivity index (χ2n) is 6.10. The third kappa shape index (κ3) is 4.58. The predicted octanol–water partition coefficient (Wildman–Crippen LogP) is 2.59. The Morgan fingerprint density at radius 2 is 2.04 bits per heavy atom. The molecule has 0 spiro atoms. The fraction of sp³-hybridized carbons (Fsp3) is 0.300. The van der Waals surface area contributed by atoms with E-state index in [4.69, 9.17) is 14.7 Å². The molecule has 5 nitrogen and oxygen atoms in total. The van der Waals surface area contributed by atoms with Crippen molar-refractivity contribution in [1.82, 2.24) is 5.32 Å². The van der Waals surface area contributed by atoms with E-state index in [0.717, 1.165) is 0 Å². The van der Waals surface area contributed by atoms with E-state index in [1.807, 2.05) is 0 Å². The van der Waals surface area contributed by atoms with Gasteiger partial charge in [-0.3, -0.25) is 4.79 Å². The highest BCUT2D eigenvalue weighted by Crippen LogP contribution is 2.19. The van der Waals surface area contributed by atoms with E-state index in [0.29, 0.717) is 36.5 Å². The monoisotopic (exact) mass is 354 g/mol. The first-order chi connectivity index (χ1) is 12.7. The lowest BCUT2D eigenvalue weighted by Crippen LogP contribution is -2.51. The second-order valence-corrected chi connectivity index (χ2v) is 6.10. The molecule has 0 unspecified atom stereocenters. The molecule has 1 N–H and O–H groups in total. The van der Waals surface area contributed by atoms with Gasteiger partial charge >= 0.3 is 0 Å². The molecule has 1 saturated heterocycles. The SMILES string of the molecule is N#Cc1ccc(O[C@@H]2COCC[C@H]2NC(=O)Cc2ccccc2F)cc1. The maximum atomic E-state index is 13.7. The van der Waals surface area contributed by atoms with Crippen LogP contribution < -0.4 is 10.1 Å². The molecule has 2 atom stereocenters. The van der Waals surface area contributed by atoms with Gasteiger partial charge in [-0.05, 0) is 42.3 Å². The molecular formula is C20H19FN2O3. The van der Waals surface area contributed by atoms with Crippen LogP contribution in [0, 0.1) is 17.1 Å². The quantitative estimate of drug-likeness (QED) is 0.896. The number of benzene rings is 2. The fourth-order valence-corrected chi connectivity index (χ4v) is 2.85. The Labute approximate surface area is 151 Å². The molecule has 1 fully saturated rings. The molecule has 26 heavy (non-hydrogen) atoms. The standard InChI is InChI=1S/C20H19FN2O3/c21-17-4-2-1-3-15(17)11-20(24)23-18-9-10-25-13-19(18)26-16-7-5-14(12-22)6-8-16/h1-8,18-19H,9-11,13H2,(H,23,24)/t18-,19-/m1/s1. The summed E-state index contributed by atoms with van der Waals surface area (Å²) in [6, 6.07) is 14.8. The third-order valence-corrected chi connectivity index (χ3v) is 4.23. The fourth-order valence-electron chi connectivity index (χ4n) is 2.85. The van der Waals surface area contributed by atoms with E-state index in [-0.39, 0.29) is 30.3 Å². The van der Waals surface area contributed by atoms with E-state index in [9.17, 15) is 9.18 Å². The van der Waals surface area contributed by atoms with Crippen LogP contribution >= 0.6 is 0 Å². The molecule has 0 bridgehead atoms. The molecule has 6 heteroatoms. The number of nitrogens with zero attached hydrogens (tertiary/aromatic N) is 1. The number of rotatable bonds is 5. The van der Waals surface area contributed by atoms with E-state index < -0.39 is 0 Å². The maximum absolute atomic E-state index is 13.7. The average Bonchev–Trinajstić information content (AvgIpc) is 2.66. The summed E-state index contributed by atoms with van der Waals surface area (Å²) >= 11 is 0. The van der Waals surface area contributed by atoms with Gasteiger partial charge in [0.1, 0.15) is 17.7 Å². The van der Waals surface area contributed by atoms with Gasteiger partial charge in [0.15, 0.2) is 0 Å². The number of ether oxygens (including phenoxy) is 2. The van der Waals surface area contributed by atoms with E-state index in [1.165, 1.54) is 6.07 Å². The zero-order valence-corrected chi connectivity index (χ0v) is 14.2. The molecule has 0 saturated carbocycles. The van der Waals surface area contributed by atoms with Crippen molar-refractivity contribution in [2.75, 3.05) is 13.2 Å². The van der Waals surface area contributed by atoms with Gasteiger partial charge in [-0.25, -0.2) is 4.39 Å². The van der Waals surface area contributed by atoms with Gasteiger partial charge in [-0.15, -0.1) is 0 Å². The van der Waals surface area contributed by atoms with Gasteiger partial charge in [0.25, 0.3) is 0 Å². The van der Waals surface area contributed by atoms with Crippen molar-refractivity contribution in [2.45, 2.75) is 25.0 Å². The summed E-state index contributed by atoms with van der Waals surface area (Å²) < 4.78 is 25.1. The summed E-state index contributed by atoms with van der Waals surface area (Å²) in [5.41, 5.74) is 0.911. The molecule has 1 amide bonds. The third-order valence-electron chi connectivity index (χ3n) is 4.23. The van der Waals surface area contributed by atoms with Crippen LogP contribution in [-0.4, -0.2) is 31.3 Å². The summed E-state index contributed by atoms with van der Waals surface area (Å²) in [7, 11) is 0. The lowest BCUT2D eigenvalue weighted by atomic mass is 10.0. The van der Waals surface area contributed by atoms with Crippen molar-refractivity contribution in [2.24, 2.45) is 0 Å². The molecule has 0 aromatic heterocycles. The number of carbonyl (C=O) groups excluding carboxylic acids is 1. The van der Waals surface area contributed by atoms with E-state index in [2.05, 4.69) is 11.4 Å². The predicted molar refractivity (Wildman–Crippen MR) is 93.0 cm³/mol. The highest BCUT2D eigenvalue weighted by atomic mass is 19.1. The number of nitriles is 1. The first-order valence-corrected chi connectivity index (χ1v) is 8.43. The molecular weight excluding hydrogens is 335 g/mol. The van der Waals surface area contributed by atoms with Crippen LogP contribution in [0.4, 0.5) is 4.39 Å². The Morgan fingerprint density at radius 1 is 1.27 bits per heavy atom. The van der Waals surface area contributed by atoms with Crippen molar-refractivity contribution < 1.29 is 18.7 Å². The van der Waals surface area contributed by atoms with Crippen LogP contribution in [0.1, 0.15) is 17.5 Å². The summed E-state index contributed by atoms with van der Waals surface area (Å²) in [6.07, 6.45) is 0.249. The molecule has 1 aliphatic heterocycles. The number of hydrogen-bond donors (Lipinski definition) is 1. The lowest BCUT2D eigenvalue weighted by molar-refractivity contribution is -0.123. The number of nitrogens with one attached hydrogen (secondary N) is 1. The number of amides is 1. The van der Waals surface area contributed by atoms with E-state index in [1.54, 1.807) is 42.5 Å². The number of halogens is 1. The molecule has 0 aliphatic carbocycles. The second kappa shape index (κ2) is 8.45. The van der Waals surface area contributed by atoms with Crippen LogP contribution in [0.2, 0.25) is 0 Å². The van der Waals surface area contributed by atoms with Crippen molar-refractivity contribution in [3.05, 3.63) is 65.5 Å². The van der Waals surface area contributed by atoms with Gasteiger partial charge in [0.2, 0.25) is 5.91 Å². The van der Waals surface area contributed by atoms with Crippen molar-refractivity contribution in [1.29, 1.82) is 5.26 Å². The van der Waals surface area contributed by atoms with Crippen LogP contribution in [-0.2, 0) is 16.0 Å². The van der Waals surface area contributed by atoms with Crippen molar-refractivity contribution in [3.8, 4) is 11.8 Å². The smallest absolute Gasteiger partial charge is 0.224 e. The van der Waals surface area contributed by atoms with Gasteiger partial charge < -0.3 is 14.8 Å². The molecule has 2 aromatic rings. The maximum Gasteiger partial charge on any atom is 0.224 e. The molecule has 0 radical (unpaired) electrons. The normalized spacial score (nSPS) is 19.4. The average molecular weight is 354 g/mol. The number of carbonyl (C=O) groups is 1. The Bertz CT molecular complexity index is 801. The van der Waals surface area contributed by atoms with Gasteiger partial charge in [-0.1, -0.05) is 18.2 Å². The summed E-state index contributed by atoms with van der Waals surface area (Å²) in [6.45, 7) is 0.878. The van der Waals surface area contributed by atoms with Crippen LogP contribution in [0.5, 0.6) is 5.75 Å². The zero-order valence-electron chi connectivity index (χ0n) is 14.2. The van der Waals surface area contributed by atoms with Crippen LogP contribution in [0.15, 0.2) is 48.5 Å². The largest absolute Gasteiger partial charge is 0.486 e. The van der Waals surface area contributed by atoms with Crippen LogP contribution in [0.25, 0.3) is 0 Å². The molecule has 3 rings (SSSR count). The Balaban J connectivity index is 1.62. The minimum absolute atomic E-state index is 0.0202. The van der Waals surface area contributed by atoms with Gasteiger partial charge in [0, 0.05) is 6.61 Å². The summed E-state index contributed by atoms with van der Waals surface area (Å²) in [4.78, 5) is 12.3. The molecule has 134 valence electrons. The Hall–Kier alpha value is -2.91. The number of hydrogen-bond acceptors (Lipinski definition) is 4. The highest BCUT2D eigenvalue weighted by molar-refractivity contribution is 5.79. The van der Waals surface area contributed by atoms with Crippen molar-refractivity contribution in [3.63, 3.8) is 0 Å². The zero-order chi connectivity index (χ0) is 18.4. The molecule has 1 heterocycles. The molecule has 2 aromatic carbocycles. The summed E-state index contributed by atoms with van der Waals surface area (Å²) in [5, 5.41) is 11.8. The van der Waals surface area contributed by atoms with Crippen molar-refractivity contribution >= 4 is 5.91 Å². The minimum Gasteiger partial charge on any atom is -0.486 e. The van der Waals surface area contributed by atoms with E-state index >= 15 is 0 Å². The van der Waals surface area contributed by atoms with Crippen LogP contribution in [0.3, 0.4) is 0 Å². The molecule has 1 aliphatic rings. The van der Waals surface area contributed by atoms with Gasteiger partial charge in [0.05, 0.1) is 30.7 Å². The Kier molecular flexibility index (Phi) is 5.82. The summed E-state index contributed by atoms with van der Waals surface area (Å²) in [5.74, 6) is -0.0386. The topological polar surface area (TPSA) is 71.3 Å². The lowest BCUT2D eigenvalue weighted by Gasteiger charge is -2.32. The first kappa shape index (κ1) is 17.9.